The Kier molecular flexibility index (Phi) is 5.61. The zero-order valence-corrected chi connectivity index (χ0v) is 16.0. The van der Waals surface area contributed by atoms with E-state index in [1.165, 1.54) is 23.8 Å². The smallest absolute Gasteiger partial charge is 0.244 e. The Hall–Kier alpha value is -1.88. The highest BCUT2D eigenvalue weighted by molar-refractivity contribution is 7.89. The van der Waals surface area contributed by atoms with Crippen LogP contribution >= 0.6 is 11.3 Å². The van der Waals surface area contributed by atoms with Crippen molar-refractivity contribution in [2.75, 3.05) is 13.6 Å². The van der Waals surface area contributed by atoms with E-state index in [0.29, 0.717) is 41.5 Å². The van der Waals surface area contributed by atoms with Gasteiger partial charge in [0.05, 0.1) is 21.6 Å². The van der Waals surface area contributed by atoms with Crippen molar-refractivity contribution in [2.45, 2.75) is 30.3 Å². The maximum atomic E-state index is 13.8. The summed E-state index contributed by atoms with van der Waals surface area (Å²) in [5.74, 6) is -1.72. The minimum absolute atomic E-state index is 0.0950. The molecule has 0 saturated carbocycles. The molecular formula is C17H18F2N2O4S2. The molecule has 0 saturated heterocycles. The number of benzene rings is 1. The van der Waals surface area contributed by atoms with Crippen molar-refractivity contribution in [3.63, 3.8) is 0 Å². The predicted molar refractivity (Wildman–Crippen MR) is 96.7 cm³/mol. The fraction of sp³-hybridized carbons (Fsp3) is 0.353. The van der Waals surface area contributed by atoms with Crippen molar-refractivity contribution in [2.24, 2.45) is 5.16 Å². The van der Waals surface area contributed by atoms with Gasteiger partial charge in [0.25, 0.3) is 0 Å². The van der Waals surface area contributed by atoms with E-state index in [2.05, 4.69) is 5.16 Å². The summed E-state index contributed by atoms with van der Waals surface area (Å²) in [5, 5.41) is 24.0. The lowest BCUT2D eigenvalue weighted by Crippen LogP contribution is -2.32. The van der Waals surface area contributed by atoms with Crippen molar-refractivity contribution in [1.82, 2.24) is 4.31 Å². The van der Waals surface area contributed by atoms with Gasteiger partial charge in [-0.3, -0.25) is 0 Å². The second-order valence-electron chi connectivity index (χ2n) is 6.28. The number of oxime groups is 1. The van der Waals surface area contributed by atoms with Crippen molar-refractivity contribution in [1.29, 1.82) is 0 Å². The number of hydrogen-bond acceptors (Lipinski definition) is 6. The van der Waals surface area contributed by atoms with Crippen molar-refractivity contribution < 1.29 is 27.5 Å². The Bertz CT molecular complexity index is 989. The normalized spacial score (nSPS) is 17.3. The van der Waals surface area contributed by atoms with Crippen molar-refractivity contribution >= 4 is 27.1 Å². The largest absolute Gasteiger partial charge is 0.411 e. The zero-order valence-electron chi connectivity index (χ0n) is 14.4. The van der Waals surface area contributed by atoms with E-state index >= 15 is 0 Å². The lowest BCUT2D eigenvalue weighted by molar-refractivity contribution is 0.150. The van der Waals surface area contributed by atoms with Crippen LogP contribution in [0.25, 0.3) is 0 Å². The first-order chi connectivity index (χ1) is 12.8. The minimum Gasteiger partial charge on any atom is -0.411 e. The predicted octanol–water partition coefficient (Wildman–Crippen LogP) is 2.90. The van der Waals surface area contributed by atoms with Crippen LogP contribution in [0.4, 0.5) is 8.78 Å². The summed E-state index contributed by atoms with van der Waals surface area (Å²) in [6.07, 6.45) is 0.324. The summed E-state index contributed by atoms with van der Waals surface area (Å²) < 4.78 is 53.6. The Morgan fingerprint density at radius 3 is 2.74 bits per heavy atom. The number of rotatable bonds is 5. The summed E-state index contributed by atoms with van der Waals surface area (Å²) in [5.41, 5.74) is 0.868. The molecule has 1 aromatic heterocycles. The molecule has 6 nitrogen and oxygen atoms in total. The lowest BCUT2D eigenvalue weighted by atomic mass is 9.98. The Morgan fingerprint density at radius 1 is 1.33 bits per heavy atom. The zero-order chi connectivity index (χ0) is 19.8. The van der Waals surface area contributed by atoms with E-state index < -0.39 is 34.3 Å². The van der Waals surface area contributed by atoms with Gasteiger partial charge in [0.15, 0.2) is 0 Å². The molecule has 0 fully saturated rings. The molecule has 1 unspecified atom stereocenters. The lowest BCUT2D eigenvalue weighted by Gasteiger charge is -2.22. The van der Waals surface area contributed by atoms with E-state index in [4.69, 9.17) is 5.21 Å². The van der Waals surface area contributed by atoms with E-state index in [0.717, 1.165) is 16.4 Å². The highest BCUT2D eigenvalue weighted by atomic mass is 32.2. The molecule has 0 amide bonds. The van der Waals surface area contributed by atoms with Crippen LogP contribution < -0.4 is 0 Å². The number of nitrogens with zero attached hydrogens (tertiary/aromatic N) is 2. The molecule has 146 valence electrons. The van der Waals surface area contributed by atoms with Crippen LogP contribution in [-0.2, 0) is 16.4 Å². The van der Waals surface area contributed by atoms with Crippen LogP contribution in [0.2, 0.25) is 0 Å². The van der Waals surface area contributed by atoms with Crippen molar-refractivity contribution in [3.05, 3.63) is 51.2 Å². The molecule has 3 rings (SSSR count). The van der Waals surface area contributed by atoms with Gasteiger partial charge in [-0.1, -0.05) is 11.2 Å². The molecule has 10 heteroatoms. The fourth-order valence-electron chi connectivity index (χ4n) is 3.08. The third-order valence-electron chi connectivity index (χ3n) is 4.52. The SMILES string of the molecule is CN(CC(O)c1ccc(F)cc1F)S(=O)(=O)c1csc2c1CCC/C2=N/O. The molecule has 27 heavy (non-hydrogen) atoms. The number of hydrogen-bond donors (Lipinski definition) is 2. The monoisotopic (exact) mass is 416 g/mol. The number of thiophene rings is 1. The third kappa shape index (κ3) is 3.75. The fourth-order valence-corrected chi connectivity index (χ4v) is 5.97. The van der Waals surface area contributed by atoms with Gasteiger partial charge in [0, 0.05) is 30.6 Å². The highest BCUT2D eigenvalue weighted by Gasteiger charge is 2.31. The number of aliphatic hydroxyl groups is 1. The van der Waals surface area contributed by atoms with Crippen LogP contribution in [0.3, 0.4) is 0 Å². The highest BCUT2D eigenvalue weighted by Crippen LogP contribution is 2.35. The van der Waals surface area contributed by atoms with E-state index in [1.807, 2.05) is 0 Å². The number of sulfonamides is 1. The van der Waals surface area contributed by atoms with E-state index in [9.17, 15) is 22.3 Å². The molecule has 2 N–H and O–H groups in total. The van der Waals surface area contributed by atoms with Gasteiger partial charge in [-0.15, -0.1) is 11.3 Å². The van der Waals surface area contributed by atoms with Gasteiger partial charge in [-0.25, -0.2) is 17.2 Å². The quantitative estimate of drug-likeness (QED) is 0.579. The number of fused-ring (bicyclic) bond motifs is 1. The third-order valence-corrected chi connectivity index (χ3v) is 7.63. The van der Waals surface area contributed by atoms with E-state index in [-0.39, 0.29) is 10.5 Å². The van der Waals surface area contributed by atoms with Gasteiger partial charge < -0.3 is 10.3 Å². The molecule has 0 radical (unpaired) electrons. The van der Waals surface area contributed by atoms with Crippen LogP contribution in [0, 0.1) is 11.6 Å². The second kappa shape index (κ2) is 7.63. The summed E-state index contributed by atoms with van der Waals surface area (Å²) >= 11 is 1.19. The topological polar surface area (TPSA) is 90.2 Å². The molecule has 0 bridgehead atoms. The molecule has 1 aliphatic carbocycles. The summed E-state index contributed by atoms with van der Waals surface area (Å²) in [6.45, 7) is -0.392. The summed E-state index contributed by atoms with van der Waals surface area (Å²) in [4.78, 5) is 0.735. The first-order valence-corrected chi connectivity index (χ1v) is 10.5. The van der Waals surface area contributed by atoms with Gasteiger partial charge in [0.1, 0.15) is 11.6 Å². The summed E-state index contributed by atoms with van der Waals surface area (Å²) in [7, 11) is -2.66. The number of likely N-dealkylation sites (N-methyl/N-ethyl adjacent to an activating group) is 1. The molecule has 0 spiro atoms. The van der Waals surface area contributed by atoms with Crippen LogP contribution in [0.15, 0.2) is 33.6 Å². The first kappa shape index (κ1) is 19.9. The van der Waals surface area contributed by atoms with E-state index in [1.54, 1.807) is 0 Å². The average molecular weight is 416 g/mol. The Labute approximate surface area is 159 Å². The second-order valence-corrected chi connectivity index (χ2v) is 9.17. The van der Waals surface area contributed by atoms with Crippen LogP contribution in [0.1, 0.15) is 34.9 Å². The minimum atomic E-state index is -3.94. The Morgan fingerprint density at radius 2 is 2.07 bits per heavy atom. The van der Waals surface area contributed by atoms with Gasteiger partial charge in [-0.05, 0) is 30.9 Å². The molecule has 1 heterocycles. The molecule has 1 aromatic carbocycles. The number of aliphatic hydroxyl groups excluding tert-OH is 1. The maximum absolute atomic E-state index is 13.8. The van der Waals surface area contributed by atoms with Gasteiger partial charge in [0.2, 0.25) is 10.0 Å². The standard InChI is InChI=1S/C17H18F2N2O4S2/c1-21(8-15(22)11-6-5-10(18)7-13(11)19)27(24,25)16-9-26-17-12(16)3-2-4-14(17)20-23/h5-7,9,15,22-23H,2-4,8H2,1H3/b20-14-. The van der Waals surface area contributed by atoms with Crippen LogP contribution in [-0.4, -0.2) is 42.3 Å². The van der Waals surface area contributed by atoms with Gasteiger partial charge in [-0.2, -0.15) is 4.31 Å². The average Bonchev–Trinajstić information content (AvgIpc) is 3.06. The number of halogens is 2. The molecule has 2 aromatic rings. The molecular weight excluding hydrogens is 398 g/mol. The molecule has 1 atom stereocenters. The molecule has 0 aliphatic heterocycles. The first-order valence-electron chi connectivity index (χ1n) is 8.16. The van der Waals surface area contributed by atoms with Crippen LogP contribution in [0.5, 0.6) is 0 Å². The van der Waals surface area contributed by atoms with Gasteiger partial charge >= 0.3 is 0 Å². The Balaban J connectivity index is 1.86. The molecule has 1 aliphatic rings. The van der Waals surface area contributed by atoms with Crippen molar-refractivity contribution in [3.8, 4) is 0 Å². The summed E-state index contributed by atoms with van der Waals surface area (Å²) in [6, 6.07) is 2.73. The maximum Gasteiger partial charge on any atom is 0.244 e.